The Balaban J connectivity index is 0.00000208. The molecule has 1 aromatic rings. The fourth-order valence-corrected chi connectivity index (χ4v) is 3.57. The molecule has 0 saturated heterocycles. The van der Waals surface area contributed by atoms with Gasteiger partial charge in [0.1, 0.15) is 0 Å². The van der Waals surface area contributed by atoms with Gasteiger partial charge in [0.25, 0.3) is 0 Å². The molecule has 125 valence electrons. The maximum Gasteiger partial charge on any atom is 0.0952 e. The molecule has 2 aliphatic rings. The Morgan fingerprint density at radius 1 is 1.50 bits per heavy atom. The number of hydrogen-bond donors (Lipinski definition) is 2. The van der Waals surface area contributed by atoms with Crippen LogP contribution in [0.5, 0.6) is 5.75 Å². The van der Waals surface area contributed by atoms with E-state index >= 15 is 0 Å². The smallest absolute Gasteiger partial charge is 0.0952 e. The summed E-state index contributed by atoms with van der Waals surface area (Å²) in [6.07, 6.45) is 4.08. The molecule has 0 amide bonds. The molecule has 3 nitrogen and oxygen atoms in total. The first-order valence-electron chi connectivity index (χ1n) is 8.23. The summed E-state index contributed by atoms with van der Waals surface area (Å²) in [4.78, 5) is 0. The first-order chi connectivity index (χ1) is 11.1. The molecule has 1 aromatic carbocycles. The van der Waals surface area contributed by atoms with E-state index in [1.165, 1.54) is 0 Å². The van der Waals surface area contributed by atoms with Crippen LogP contribution in [0.1, 0.15) is 38.2 Å². The van der Waals surface area contributed by atoms with Crippen LogP contribution in [0.3, 0.4) is 0 Å². The quantitative estimate of drug-likeness (QED) is 0.464. The largest absolute Gasteiger partial charge is 0.516 e. The fraction of sp³-hybridized carbons (Fsp3) is 0.500. The summed E-state index contributed by atoms with van der Waals surface area (Å²) in [5.74, 6) is 6.85. The van der Waals surface area contributed by atoms with E-state index in [9.17, 15) is 10.2 Å². The number of benzene rings is 1. The van der Waals surface area contributed by atoms with Crippen LogP contribution in [-0.2, 0) is 32.7 Å². The van der Waals surface area contributed by atoms with E-state index in [4.69, 9.17) is 4.74 Å². The van der Waals surface area contributed by atoms with Crippen molar-refractivity contribution < 1.29 is 47.7 Å². The molecule has 1 aliphatic carbocycles. The number of ether oxygens (including phenoxy) is 1. The minimum absolute atomic E-state index is 0. The molecule has 0 spiro atoms. The Kier molecular flexibility index (Phi) is 7.07. The topological polar surface area (TPSA) is 49.7 Å². The molecule has 2 N–H and O–H groups in total. The predicted molar refractivity (Wildman–Crippen MR) is 88.9 cm³/mol. The van der Waals surface area contributed by atoms with Crippen molar-refractivity contribution in [2.75, 3.05) is 0 Å². The van der Waals surface area contributed by atoms with Gasteiger partial charge >= 0.3 is 0 Å². The van der Waals surface area contributed by atoms with Crippen molar-refractivity contribution in [2.24, 2.45) is 11.8 Å². The molecule has 6 atom stereocenters. The number of aliphatic hydroxyl groups excluding tert-OH is 2. The van der Waals surface area contributed by atoms with Crippen LogP contribution < -0.4 is 4.74 Å². The average molecular weight is 400 g/mol. The molecule has 1 saturated carbocycles. The third-order valence-electron chi connectivity index (χ3n) is 4.92. The Morgan fingerprint density at radius 3 is 3.04 bits per heavy atom. The maximum absolute atomic E-state index is 10.4. The molecule has 0 bridgehead atoms. The molecular weight excluding hydrogens is 377 g/mol. The third kappa shape index (κ3) is 3.94. The zero-order chi connectivity index (χ0) is 16.4. The third-order valence-corrected chi connectivity index (χ3v) is 4.92. The zero-order valence-electron chi connectivity index (χ0n) is 14.1. The van der Waals surface area contributed by atoms with Crippen molar-refractivity contribution >= 4 is 0 Å². The first-order valence-corrected chi connectivity index (χ1v) is 8.23. The van der Waals surface area contributed by atoms with Crippen molar-refractivity contribution in [3.63, 3.8) is 0 Å². The molecule has 1 heterocycles. The summed E-state index contributed by atoms with van der Waals surface area (Å²) in [6.45, 7) is 3.79. The Morgan fingerprint density at radius 2 is 2.29 bits per heavy atom. The van der Waals surface area contributed by atoms with Gasteiger partial charge in [-0.05, 0) is 18.8 Å². The molecule has 1 radical (unpaired) electrons. The second kappa shape index (κ2) is 8.63. The van der Waals surface area contributed by atoms with Gasteiger partial charge in [-0.25, -0.2) is 0 Å². The van der Waals surface area contributed by atoms with Crippen LogP contribution in [0.4, 0.5) is 0 Å². The van der Waals surface area contributed by atoms with Gasteiger partial charge in [-0.2, -0.15) is 18.2 Å². The summed E-state index contributed by atoms with van der Waals surface area (Å²) in [5, 5.41) is 20.6. The van der Waals surface area contributed by atoms with Gasteiger partial charge in [0.15, 0.2) is 0 Å². The van der Waals surface area contributed by atoms with Crippen LogP contribution in [-0.4, -0.2) is 28.5 Å². The van der Waals surface area contributed by atoms with Gasteiger partial charge < -0.3 is 14.9 Å². The maximum atomic E-state index is 10.4. The Bertz CT molecular complexity index is 646. The van der Waals surface area contributed by atoms with E-state index in [-0.39, 0.29) is 56.6 Å². The molecule has 1 aliphatic heterocycles. The standard InChI is InChI=1S/C20H23O3.Y/c1-3-4-7-13(2)16(21)11-10-14-17(22)12-19-20(14)15-8-5-6-9-18(15)23-19;/h5-6,8,10-11,13-14,16-17,19-22H,7,12H2,1-2H3;/q-1;/b11-10+;/t13-,14+,16-,17-,19+,20+;/m0./s1. The van der Waals surface area contributed by atoms with E-state index in [2.05, 4.69) is 17.9 Å². The number of rotatable bonds is 4. The number of fused-ring (bicyclic) bond motifs is 3. The Hall–Kier alpha value is -0.656. The number of aliphatic hydroxyl groups is 2. The minimum Gasteiger partial charge on any atom is -0.516 e. The van der Waals surface area contributed by atoms with E-state index < -0.39 is 12.2 Å². The van der Waals surface area contributed by atoms with Gasteiger partial charge in [-0.1, -0.05) is 19.1 Å². The zero-order valence-corrected chi connectivity index (χ0v) is 17.0. The van der Waals surface area contributed by atoms with E-state index in [0.717, 1.165) is 11.3 Å². The minimum atomic E-state index is -0.550. The molecule has 1 fully saturated rings. The van der Waals surface area contributed by atoms with E-state index in [0.29, 0.717) is 12.8 Å². The van der Waals surface area contributed by atoms with Gasteiger partial charge in [-0.15, -0.1) is 23.5 Å². The van der Waals surface area contributed by atoms with Crippen molar-refractivity contribution in [2.45, 2.75) is 50.9 Å². The van der Waals surface area contributed by atoms with E-state index in [1.54, 1.807) is 6.92 Å². The molecule has 24 heavy (non-hydrogen) atoms. The van der Waals surface area contributed by atoms with Crippen molar-refractivity contribution in [1.29, 1.82) is 0 Å². The molecular formula is C20H23O3Y-. The summed E-state index contributed by atoms with van der Waals surface area (Å²) in [7, 11) is 0. The number of para-hydroxylation sites is 1. The normalized spacial score (nSPS) is 29.7. The summed E-state index contributed by atoms with van der Waals surface area (Å²) in [6, 6.07) is 8.98. The second-order valence-corrected chi connectivity index (χ2v) is 6.50. The second-order valence-electron chi connectivity index (χ2n) is 6.50. The summed E-state index contributed by atoms with van der Waals surface area (Å²) >= 11 is 0. The van der Waals surface area contributed by atoms with Crippen LogP contribution in [0, 0.1) is 29.7 Å². The van der Waals surface area contributed by atoms with Crippen LogP contribution >= 0.6 is 0 Å². The van der Waals surface area contributed by atoms with Crippen molar-refractivity contribution in [3.05, 3.63) is 42.0 Å². The molecule has 0 unspecified atom stereocenters. The van der Waals surface area contributed by atoms with Crippen molar-refractivity contribution in [1.82, 2.24) is 0 Å². The van der Waals surface area contributed by atoms with Crippen molar-refractivity contribution in [3.8, 4) is 17.6 Å². The summed E-state index contributed by atoms with van der Waals surface area (Å²) < 4.78 is 5.91. The molecule has 3 rings (SSSR count). The SMILES string of the molecule is CC#CC[C@H](C)[C@@H](O)/C=C/[C@H]1[C@@H]2c3ccc[c-]c3O[C@@H]2C[C@@H]1O.[Y]. The first kappa shape index (κ1) is 19.7. The average Bonchev–Trinajstić information content (AvgIpc) is 3.05. The van der Waals surface area contributed by atoms with Gasteiger partial charge in [-0.3, -0.25) is 0 Å². The monoisotopic (exact) mass is 400 g/mol. The van der Waals surface area contributed by atoms with E-state index in [1.807, 2.05) is 37.3 Å². The molecule has 0 aromatic heterocycles. The van der Waals surface area contributed by atoms with Crippen LogP contribution in [0.25, 0.3) is 0 Å². The molecule has 4 heteroatoms. The predicted octanol–water partition coefficient (Wildman–Crippen LogP) is 2.68. The van der Waals surface area contributed by atoms with Crippen LogP contribution in [0.15, 0.2) is 30.4 Å². The Labute approximate surface area is 169 Å². The van der Waals surface area contributed by atoms with Gasteiger partial charge in [0.2, 0.25) is 0 Å². The fourth-order valence-electron chi connectivity index (χ4n) is 3.57. The van der Waals surface area contributed by atoms with Gasteiger partial charge in [0.05, 0.1) is 18.3 Å². The van der Waals surface area contributed by atoms with Crippen LogP contribution in [0.2, 0.25) is 0 Å². The van der Waals surface area contributed by atoms with Gasteiger partial charge in [0, 0.05) is 57.2 Å². The summed E-state index contributed by atoms with van der Waals surface area (Å²) in [5.41, 5.74) is 1.11. The number of hydrogen-bond acceptors (Lipinski definition) is 3.